The van der Waals surface area contributed by atoms with Gasteiger partial charge in [0.05, 0.1) is 5.92 Å². The summed E-state index contributed by atoms with van der Waals surface area (Å²) in [7, 11) is 0. The summed E-state index contributed by atoms with van der Waals surface area (Å²) in [5.41, 5.74) is 0.884. The van der Waals surface area contributed by atoms with Crippen molar-refractivity contribution in [1.82, 2.24) is 4.98 Å². The third-order valence-corrected chi connectivity index (χ3v) is 3.55. The number of aromatic nitrogens is 1. The van der Waals surface area contributed by atoms with Gasteiger partial charge in [0.2, 0.25) is 5.24 Å². The molecule has 2 aromatic heterocycles. The Hall–Kier alpha value is -1.19. The smallest absolute Gasteiger partial charge is 0.230 e. The summed E-state index contributed by atoms with van der Waals surface area (Å²) >= 11 is 7.17. The van der Waals surface area contributed by atoms with Gasteiger partial charge in [0.1, 0.15) is 0 Å². The minimum atomic E-state index is -0.326. The van der Waals surface area contributed by atoms with Crippen molar-refractivity contribution in [2.45, 2.75) is 12.3 Å². The molecule has 0 saturated heterocycles. The van der Waals surface area contributed by atoms with Gasteiger partial charge >= 0.3 is 0 Å². The zero-order valence-corrected chi connectivity index (χ0v) is 10.0. The highest BCUT2D eigenvalue weighted by molar-refractivity contribution is 7.10. The predicted octanol–water partition coefficient (Wildman–Crippen LogP) is 3.23. The first kappa shape index (κ1) is 11.3. The van der Waals surface area contributed by atoms with E-state index in [9.17, 15) is 4.79 Å². The molecule has 2 rings (SSSR count). The molecule has 0 N–H and O–H groups in total. The molecule has 0 radical (unpaired) electrons. The molecule has 2 heterocycles. The van der Waals surface area contributed by atoms with Crippen molar-refractivity contribution < 1.29 is 4.79 Å². The van der Waals surface area contributed by atoms with E-state index in [1.807, 2.05) is 35.7 Å². The Balaban J connectivity index is 2.19. The molecule has 0 saturated carbocycles. The van der Waals surface area contributed by atoms with E-state index in [1.54, 1.807) is 17.5 Å². The van der Waals surface area contributed by atoms with Crippen molar-refractivity contribution in [2.24, 2.45) is 0 Å². The average Bonchev–Trinajstić information content (AvgIpc) is 2.80. The van der Waals surface area contributed by atoms with Crippen LogP contribution in [0.2, 0.25) is 0 Å². The number of hydrogen-bond acceptors (Lipinski definition) is 3. The van der Waals surface area contributed by atoms with Gasteiger partial charge < -0.3 is 0 Å². The molecule has 2 nitrogen and oxygen atoms in total. The number of nitrogens with zero attached hydrogens (tertiary/aromatic N) is 1. The second kappa shape index (κ2) is 5.23. The molecule has 0 aliphatic carbocycles. The van der Waals surface area contributed by atoms with Gasteiger partial charge in [-0.1, -0.05) is 12.1 Å². The standard InChI is InChI=1S/C12H10ClNOS/c13-12(15)10(11-5-3-7-16-11)8-9-4-1-2-6-14-9/h1-7,10H,8H2. The van der Waals surface area contributed by atoms with Crippen molar-refractivity contribution in [1.29, 1.82) is 0 Å². The fourth-order valence-corrected chi connectivity index (χ4v) is 2.60. The maximum absolute atomic E-state index is 11.4. The van der Waals surface area contributed by atoms with Crippen LogP contribution in [0.3, 0.4) is 0 Å². The van der Waals surface area contributed by atoms with Gasteiger partial charge in [-0.3, -0.25) is 9.78 Å². The molecular formula is C12H10ClNOS. The van der Waals surface area contributed by atoms with E-state index in [0.29, 0.717) is 6.42 Å². The summed E-state index contributed by atoms with van der Waals surface area (Å²) in [6.45, 7) is 0. The van der Waals surface area contributed by atoms with Gasteiger partial charge in [0.15, 0.2) is 0 Å². The van der Waals surface area contributed by atoms with E-state index >= 15 is 0 Å². The number of pyridine rings is 1. The highest BCUT2D eigenvalue weighted by atomic mass is 35.5. The molecule has 0 fully saturated rings. The largest absolute Gasteiger partial charge is 0.281 e. The van der Waals surface area contributed by atoms with Crippen molar-refractivity contribution >= 4 is 28.2 Å². The van der Waals surface area contributed by atoms with E-state index < -0.39 is 0 Å². The number of halogens is 1. The summed E-state index contributed by atoms with van der Waals surface area (Å²) in [6.07, 6.45) is 2.28. The lowest BCUT2D eigenvalue weighted by molar-refractivity contribution is -0.112. The van der Waals surface area contributed by atoms with Gasteiger partial charge in [0, 0.05) is 23.2 Å². The van der Waals surface area contributed by atoms with Crippen LogP contribution in [0.25, 0.3) is 0 Å². The molecule has 4 heteroatoms. The van der Waals surface area contributed by atoms with Crippen LogP contribution >= 0.6 is 22.9 Å². The zero-order chi connectivity index (χ0) is 11.4. The number of rotatable bonds is 4. The van der Waals surface area contributed by atoms with Crippen LogP contribution in [0.15, 0.2) is 41.9 Å². The highest BCUT2D eigenvalue weighted by Crippen LogP contribution is 2.26. The topological polar surface area (TPSA) is 30.0 Å². The lowest BCUT2D eigenvalue weighted by Crippen LogP contribution is -2.09. The lowest BCUT2D eigenvalue weighted by atomic mass is 10.0. The Morgan fingerprint density at radius 3 is 2.81 bits per heavy atom. The average molecular weight is 252 g/mol. The van der Waals surface area contributed by atoms with Gasteiger partial charge in [-0.15, -0.1) is 11.3 Å². The molecule has 0 amide bonds. The third kappa shape index (κ3) is 2.68. The molecule has 1 unspecified atom stereocenters. The fourth-order valence-electron chi connectivity index (χ4n) is 1.51. The van der Waals surface area contributed by atoms with E-state index in [4.69, 9.17) is 11.6 Å². The number of carbonyl (C=O) groups is 1. The second-order valence-corrected chi connectivity index (χ2v) is 4.75. The Kier molecular flexibility index (Phi) is 3.70. The van der Waals surface area contributed by atoms with E-state index in [2.05, 4.69) is 4.98 Å². The minimum Gasteiger partial charge on any atom is -0.281 e. The first-order chi connectivity index (χ1) is 7.77. The first-order valence-corrected chi connectivity index (χ1v) is 6.16. The van der Waals surface area contributed by atoms with Crippen molar-refractivity contribution in [3.05, 3.63) is 52.5 Å². The fraction of sp³-hybridized carbons (Fsp3) is 0.167. The van der Waals surface area contributed by atoms with Crippen LogP contribution in [0.4, 0.5) is 0 Å². The maximum Gasteiger partial charge on any atom is 0.230 e. The molecular weight excluding hydrogens is 242 g/mol. The quantitative estimate of drug-likeness (QED) is 0.781. The van der Waals surface area contributed by atoms with Gasteiger partial charge in [0.25, 0.3) is 0 Å². The van der Waals surface area contributed by atoms with Crippen LogP contribution in [0.1, 0.15) is 16.5 Å². The predicted molar refractivity (Wildman–Crippen MR) is 65.9 cm³/mol. The summed E-state index contributed by atoms with van der Waals surface area (Å²) < 4.78 is 0. The molecule has 1 atom stereocenters. The molecule has 0 aliphatic heterocycles. The molecule has 82 valence electrons. The van der Waals surface area contributed by atoms with Crippen LogP contribution in [-0.2, 0) is 11.2 Å². The van der Waals surface area contributed by atoms with Gasteiger partial charge in [-0.2, -0.15) is 0 Å². The van der Waals surface area contributed by atoms with Crippen LogP contribution < -0.4 is 0 Å². The monoisotopic (exact) mass is 251 g/mol. The van der Waals surface area contributed by atoms with Gasteiger partial charge in [-0.25, -0.2) is 0 Å². The Labute approximate surface area is 103 Å². The van der Waals surface area contributed by atoms with Crippen molar-refractivity contribution in [3.8, 4) is 0 Å². The van der Waals surface area contributed by atoms with Gasteiger partial charge in [-0.05, 0) is 35.2 Å². The van der Waals surface area contributed by atoms with E-state index in [1.165, 1.54) is 0 Å². The number of thiophene rings is 1. The summed E-state index contributed by atoms with van der Waals surface area (Å²) in [5.74, 6) is -0.281. The summed E-state index contributed by atoms with van der Waals surface area (Å²) in [4.78, 5) is 16.6. The lowest BCUT2D eigenvalue weighted by Gasteiger charge is -2.09. The third-order valence-electron chi connectivity index (χ3n) is 2.30. The van der Waals surface area contributed by atoms with Crippen molar-refractivity contribution in [3.63, 3.8) is 0 Å². The van der Waals surface area contributed by atoms with Crippen LogP contribution in [0, 0.1) is 0 Å². The highest BCUT2D eigenvalue weighted by Gasteiger charge is 2.20. The van der Waals surface area contributed by atoms with Crippen LogP contribution in [0.5, 0.6) is 0 Å². The first-order valence-electron chi connectivity index (χ1n) is 4.90. The molecule has 0 aliphatic rings. The SMILES string of the molecule is O=C(Cl)C(Cc1ccccn1)c1cccs1. The summed E-state index contributed by atoms with van der Waals surface area (Å²) in [6, 6.07) is 9.52. The Morgan fingerprint density at radius 2 is 2.25 bits per heavy atom. The Bertz CT molecular complexity index is 455. The van der Waals surface area contributed by atoms with Crippen LogP contribution in [-0.4, -0.2) is 10.2 Å². The maximum atomic E-state index is 11.4. The molecule has 0 bridgehead atoms. The minimum absolute atomic E-state index is 0.281. The molecule has 0 spiro atoms. The molecule has 0 aromatic carbocycles. The number of hydrogen-bond donors (Lipinski definition) is 0. The zero-order valence-electron chi connectivity index (χ0n) is 8.47. The summed E-state index contributed by atoms with van der Waals surface area (Å²) in [5, 5.41) is 1.62. The van der Waals surface area contributed by atoms with E-state index in [0.717, 1.165) is 10.6 Å². The normalized spacial score (nSPS) is 12.3. The molecule has 16 heavy (non-hydrogen) atoms. The van der Waals surface area contributed by atoms with Crippen molar-refractivity contribution in [2.75, 3.05) is 0 Å². The second-order valence-electron chi connectivity index (χ2n) is 3.40. The molecule has 2 aromatic rings. The van der Waals surface area contributed by atoms with E-state index in [-0.39, 0.29) is 11.2 Å². The number of carbonyl (C=O) groups excluding carboxylic acids is 1. The Morgan fingerprint density at radius 1 is 1.38 bits per heavy atom.